The van der Waals surface area contributed by atoms with E-state index in [1.54, 1.807) is 0 Å². The lowest BCUT2D eigenvalue weighted by Crippen LogP contribution is -2.47. The summed E-state index contributed by atoms with van der Waals surface area (Å²) < 4.78 is 11.5. The van der Waals surface area contributed by atoms with Crippen molar-refractivity contribution in [3.8, 4) is 0 Å². The molecule has 1 aromatic rings. The van der Waals surface area contributed by atoms with E-state index in [1.165, 1.54) is 10.4 Å². The van der Waals surface area contributed by atoms with Gasteiger partial charge < -0.3 is 14.8 Å². The SMILES string of the molecule is CCc1ccsc1CNC1CCOC2(CCOC2)C1. The monoisotopic (exact) mass is 281 g/mol. The third kappa shape index (κ3) is 3.02. The highest BCUT2D eigenvalue weighted by molar-refractivity contribution is 7.10. The van der Waals surface area contributed by atoms with Gasteiger partial charge in [-0.3, -0.25) is 0 Å². The zero-order valence-electron chi connectivity index (χ0n) is 11.6. The first-order chi connectivity index (χ1) is 9.31. The van der Waals surface area contributed by atoms with Gasteiger partial charge >= 0.3 is 0 Å². The Morgan fingerprint density at radius 3 is 3.21 bits per heavy atom. The van der Waals surface area contributed by atoms with E-state index in [0.717, 1.165) is 52.0 Å². The van der Waals surface area contributed by atoms with Gasteiger partial charge in [0.2, 0.25) is 0 Å². The molecule has 1 aromatic heterocycles. The fourth-order valence-electron chi connectivity index (χ4n) is 3.14. The summed E-state index contributed by atoms with van der Waals surface area (Å²) in [6, 6.07) is 2.82. The molecule has 0 amide bonds. The first-order valence-corrected chi connectivity index (χ1v) is 8.20. The van der Waals surface area contributed by atoms with Crippen LogP contribution in [0.2, 0.25) is 0 Å². The zero-order valence-corrected chi connectivity index (χ0v) is 12.4. The number of nitrogens with one attached hydrogen (secondary N) is 1. The highest BCUT2D eigenvalue weighted by Crippen LogP contribution is 2.33. The third-order valence-corrected chi connectivity index (χ3v) is 5.29. The first-order valence-electron chi connectivity index (χ1n) is 7.32. The van der Waals surface area contributed by atoms with Gasteiger partial charge in [0.1, 0.15) is 0 Å². The highest BCUT2D eigenvalue weighted by atomic mass is 32.1. The summed E-state index contributed by atoms with van der Waals surface area (Å²) in [6.07, 6.45) is 4.41. The Morgan fingerprint density at radius 1 is 1.47 bits per heavy atom. The minimum atomic E-state index is 0.0128. The Morgan fingerprint density at radius 2 is 2.42 bits per heavy atom. The standard InChI is InChI=1S/C15H23NO2S/c1-2-12-4-8-19-14(12)10-16-13-3-6-18-15(9-13)5-7-17-11-15/h4,8,13,16H,2-3,5-7,9-11H2,1H3. The average Bonchev–Trinajstić information content (AvgIpc) is 3.06. The molecule has 0 saturated carbocycles. The van der Waals surface area contributed by atoms with Crippen molar-refractivity contribution in [2.45, 2.75) is 50.8 Å². The molecule has 4 heteroatoms. The van der Waals surface area contributed by atoms with Gasteiger partial charge in [-0.1, -0.05) is 6.92 Å². The van der Waals surface area contributed by atoms with Crippen molar-refractivity contribution in [2.75, 3.05) is 19.8 Å². The van der Waals surface area contributed by atoms with Crippen LogP contribution in [0, 0.1) is 0 Å². The molecule has 2 aliphatic rings. The van der Waals surface area contributed by atoms with E-state index in [2.05, 4.69) is 23.7 Å². The van der Waals surface area contributed by atoms with E-state index in [9.17, 15) is 0 Å². The molecule has 2 saturated heterocycles. The number of ether oxygens (including phenoxy) is 2. The van der Waals surface area contributed by atoms with Crippen LogP contribution in [-0.2, 0) is 22.4 Å². The van der Waals surface area contributed by atoms with E-state index in [0.29, 0.717) is 6.04 Å². The second kappa shape index (κ2) is 5.92. The summed E-state index contributed by atoms with van der Waals surface area (Å²) in [7, 11) is 0. The molecule has 3 rings (SSSR count). The summed E-state index contributed by atoms with van der Waals surface area (Å²) in [5.74, 6) is 0. The van der Waals surface area contributed by atoms with Crippen molar-refractivity contribution in [3.63, 3.8) is 0 Å². The van der Waals surface area contributed by atoms with Crippen LogP contribution in [0.3, 0.4) is 0 Å². The Kier molecular flexibility index (Phi) is 4.22. The molecule has 19 heavy (non-hydrogen) atoms. The molecule has 0 aromatic carbocycles. The van der Waals surface area contributed by atoms with Crippen LogP contribution < -0.4 is 5.32 Å². The number of rotatable bonds is 4. The van der Waals surface area contributed by atoms with E-state index >= 15 is 0 Å². The van der Waals surface area contributed by atoms with Crippen molar-refractivity contribution >= 4 is 11.3 Å². The lowest BCUT2D eigenvalue weighted by atomic mass is 9.89. The maximum atomic E-state index is 5.98. The van der Waals surface area contributed by atoms with Crippen molar-refractivity contribution in [3.05, 3.63) is 21.9 Å². The molecule has 3 nitrogen and oxygen atoms in total. The molecular weight excluding hydrogens is 258 g/mol. The molecule has 2 fully saturated rings. The second-order valence-electron chi connectivity index (χ2n) is 5.63. The van der Waals surface area contributed by atoms with Gasteiger partial charge in [0.25, 0.3) is 0 Å². The maximum Gasteiger partial charge on any atom is 0.0951 e. The summed E-state index contributed by atoms with van der Waals surface area (Å²) >= 11 is 1.87. The summed E-state index contributed by atoms with van der Waals surface area (Å²) in [6.45, 7) is 5.74. The molecule has 1 spiro atoms. The molecular formula is C15H23NO2S. The number of hydrogen-bond acceptors (Lipinski definition) is 4. The largest absolute Gasteiger partial charge is 0.378 e. The molecule has 2 aliphatic heterocycles. The van der Waals surface area contributed by atoms with E-state index in [-0.39, 0.29) is 5.60 Å². The lowest BCUT2D eigenvalue weighted by Gasteiger charge is -2.37. The van der Waals surface area contributed by atoms with Crippen LogP contribution in [0.15, 0.2) is 11.4 Å². The molecule has 0 aliphatic carbocycles. The predicted molar refractivity (Wildman–Crippen MR) is 77.7 cm³/mol. The van der Waals surface area contributed by atoms with Crippen molar-refractivity contribution in [1.82, 2.24) is 5.32 Å². The van der Waals surface area contributed by atoms with Gasteiger partial charge in [0.05, 0.1) is 12.2 Å². The van der Waals surface area contributed by atoms with Gasteiger partial charge in [0, 0.05) is 37.1 Å². The summed E-state index contributed by atoms with van der Waals surface area (Å²) in [4.78, 5) is 1.49. The Bertz CT molecular complexity index is 412. The summed E-state index contributed by atoms with van der Waals surface area (Å²) in [5, 5.41) is 5.93. The molecule has 2 unspecified atom stereocenters. The van der Waals surface area contributed by atoms with Gasteiger partial charge in [-0.25, -0.2) is 0 Å². The van der Waals surface area contributed by atoms with Gasteiger partial charge in [-0.05, 0) is 36.3 Å². The minimum Gasteiger partial charge on any atom is -0.378 e. The van der Waals surface area contributed by atoms with Crippen molar-refractivity contribution < 1.29 is 9.47 Å². The van der Waals surface area contributed by atoms with E-state index < -0.39 is 0 Å². The number of thiophene rings is 1. The fraction of sp³-hybridized carbons (Fsp3) is 0.733. The van der Waals surface area contributed by atoms with Crippen LogP contribution in [0.4, 0.5) is 0 Å². The Labute approximate surface area is 119 Å². The topological polar surface area (TPSA) is 30.5 Å². The second-order valence-corrected chi connectivity index (χ2v) is 6.63. The molecule has 0 bridgehead atoms. The maximum absolute atomic E-state index is 5.98. The van der Waals surface area contributed by atoms with Crippen LogP contribution in [0.5, 0.6) is 0 Å². The molecule has 0 radical (unpaired) electrons. The molecule has 2 atom stereocenters. The van der Waals surface area contributed by atoms with Crippen LogP contribution in [0.1, 0.15) is 36.6 Å². The van der Waals surface area contributed by atoms with Crippen LogP contribution in [0.25, 0.3) is 0 Å². The average molecular weight is 281 g/mol. The highest BCUT2D eigenvalue weighted by Gasteiger charge is 2.40. The fourth-order valence-corrected chi connectivity index (χ4v) is 4.07. The van der Waals surface area contributed by atoms with Gasteiger partial charge in [-0.2, -0.15) is 0 Å². The zero-order chi connectivity index (χ0) is 13.1. The molecule has 3 heterocycles. The van der Waals surface area contributed by atoms with Gasteiger partial charge in [0.15, 0.2) is 0 Å². The van der Waals surface area contributed by atoms with Crippen molar-refractivity contribution in [1.29, 1.82) is 0 Å². The Balaban J connectivity index is 1.55. The third-order valence-electron chi connectivity index (χ3n) is 4.33. The predicted octanol–water partition coefficient (Wildman–Crippen LogP) is 2.74. The summed E-state index contributed by atoms with van der Waals surface area (Å²) in [5.41, 5.74) is 1.50. The van der Waals surface area contributed by atoms with Gasteiger partial charge in [-0.15, -0.1) is 11.3 Å². The van der Waals surface area contributed by atoms with Crippen molar-refractivity contribution in [2.24, 2.45) is 0 Å². The quantitative estimate of drug-likeness (QED) is 0.920. The molecule has 1 N–H and O–H groups in total. The minimum absolute atomic E-state index is 0.0128. The van der Waals surface area contributed by atoms with E-state index in [4.69, 9.17) is 9.47 Å². The number of aryl methyl sites for hydroxylation is 1. The number of hydrogen-bond donors (Lipinski definition) is 1. The Hall–Kier alpha value is -0.420. The normalized spacial score (nSPS) is 31.1. The first kappa shape index (κ1) is 13.6. The van der Waals surface area contributed by atoms with Crippen LogP contribution in [-0.4, -0.2) is 31.5 Å². The van der Waals surface area contributed by atoms with Crippen LogP contribution >= 0.6 is 11.3 Å². The smallest absolute Gasteiger partial charge is 0.0951 e. The van der Waals surface area contributed by atoms with E-state index in [1.807, 2.05) is 11.3 Å². The molecule has 106 valence electrons. The lowest BCUT2D eigenvalue weighted by molar-refractivity contribution is -0.0894.